The summed E-state index contributed by atoms with van der Waals surface area (Å²) < 4.78 is 5.69. The first-order valence-corrected chi connectivity index (χ1v) is 7.14. The van der Waals surface area contributed by atoms with E-state index in [2.05, 4.69) is 14.9 Å². The molecule has 2 N–H and O–H groups in total. The number of aromatic nitrogens is 2. The number of fused-ring (bicyclic) bond motifs is 1. The number of piperidine rings is 1. The van der Waals surface area contributed by atoms with Crippen molar-refractivity contribution in [3.8, 4) is 0 Å². The Labute approximate surface area is 118 Å². The average Bonchev–Trinajstić information content (AvgIpc) is 2.48. The molecule has 106 valence electrons. The summed E-state index contributed by atoms with van der Waals surface area (Å²) in [5, 5.41) is 1.03. The Balaban J connectivity index is 1.86. The van der Waals surface area contributed by atoms with Gasteiger partial charge < -0.3 is 15.4 Å². The molecule has 20 heavy (non-hydrogen) atoms. The zero-order chi connectivity index (χ0) is 13.9. The van der Waals surface area contributed by atoms with E-state index in [1.165, 1.54) is 0 Å². The number of rotatable bonds is 3. The molecule has 1 saturated heterocycles. The Morgan fingerprint density at radius 2 is 2.10 bits per heavy atom. The molecule has 1 aromatic carbocycles. The van der Waals surface area contributed by atoms with Crippen molar-refractivity contribution >= 4 is 22.4 Å². The van der Waals surface area contributed by atoms with Crippen LogP contribution >= 0.6 is 0 Å². The number of anilines is 2. The monoisotopic (exact) mass is 272 g/mol. The van der Waals surface area contributed by atoms with Gasteiger partial charge in [-0.15, -0.1) is 0 Å². The van der Waals surface area contributed by atoms with Crippen LogP contribution in [0.4, 0.5) is 11.5 Å². The molecule has 0 saturated carbocycles. The Kier molecular flexibility index (Phi) is 3.69. The van der Waals surface area contributed by atoms with Gasteiger partial charge in [0, 0.05) is 30.8 Å². The SMILES string of the molecule is CCOC1CCN(c2ncnc3ccc(N)cc23)CC1. The van der Waals surface area contributed by atoms with Crippen molar-refractivity contribution in [2.75, 3.05) is 30.3 Å². The van der Waals surface area contributed by atoms with Crippen molar-refractivity contribution in [1.82, 2.24) is 9.97 Å². The summed E-state index contributed by atoms with van der Waals surface area (Å²) in [4.78, 5) is 11.1. The minimum atomic E-state index is 0.384. The molecule has 5 heteroatoms. The number of nitrogen functional groups attached to an aromatic ring is 1. The van der Waals surface area contributed by atoms with Crippen molar-refractivity contribution in [2.24, 2.45) is 0 Å². The highest BCUT2D eigenvalue weighted by Crippen LogP contribution is 2.27. The van der Waals surface area contributed by atoms with E-state index in [1.807, 2.05) is 25.1 Å². The lowest BCUT2D eigenvalue weighted by atomic mass is 10.1. The largest absolute Gasteiger partial charge is 0.399 e. The fourth-order valence-electron chi connectivity index (χ4n) is 2.78. The van der Waals surface area contributed by atoms with Crippen LogP contribution in [-0.2, 0) is 4.74 Å². The summed E-state index contributed by atoms with van der Waals surface area (Å²) in [7, 11) is 0. The van der Waals surface area contributed by atoms with Gasteiger partial charge in [0.05, 0.1) is 11.6 Å². The van der Waals surface area contributed by atoms with Crippen LogP contribution in [0.1, 0.15) is 19.8 Å². The van der Waals surface area contributed by atoms with Crippen molar-refractivity contribution in [3.05, 3.63) is 24.5 Å². The van der Waals surface area contributed by atoms with Gasteiger partial charge in [-0.3, -0.25) is 0 Å². The number of hydrogen-bond donors (Lipinski definition) is 1. The van der Waals surface area contributed by atoms with E-state index >= 15 is 0 Å². The average molecular weight is 272 g/mol. The zero-order valence-corrected chi connectivity index (χ0v) is 11.7. The Morgan fingerprint density at radius 3 is 2.85 bits per heavy atom. The first kappa shape index (κ1) is 13.1. The molecule has 1 aromatic heterocycles. The fourth-order valence-corrected chi connectivity index (χ4v) is 2.78. The molecule has 2 heterocycles. The molecular weight excluding hydrogens is 252 g/mol. The van der Waals surface area contributed by atoms with Gasteiger partial charge in [0.2, 0.25) is 0 Å². The quantitative estimate of drug-likeness (QED) is 0.868. The minimum absolute atomic E-state index is 0.384. The second kappa shape index (κ2) is 5.63. The molecule has 0 unspecified atom stereocenters. The summed E-state index contributed by atoms with van der Waals surface area (Å²) in [6, 6.07) is 5.78. The van der Waals surface area contributed by atoms with Gasteiger partial charge in [-0.2, -0.15) is 0 Å². The van der Waals surface area contributed by atoms with Crippen molar-refractivity contribution in [3.63, 3.8) is 0 Å². The zero-order valence-electron chi connectivity index (χ0n) is 11.7. The van der Waals surface area contributed by atoms with E-state index in [9.17, 15) is 0 Å². The molecule has 5 nitrogen and oxygen atoms in total. The van der Waals surface area contributed by atoms with E-state index in [0.717, 1.165) is 54.9 Å². The van der Waals surface area contributed by atoms with E-state index in [-0.39, 0.29) is 0 Å². The summed E-state index contributed by atoms with van der Waals surface area (Å²) in [6.07, 6.45) is 4.10. The minimum Gasteiger partial charge on any atom is -0.399 e. The highest BCUT2D eigenvalue weighted by molar-refractivity contribution is 5.91. The number of nitrogens with two attached hydrogens (primary N) is 1. The first-order chi connectivity index (χ1) is 9.78. The first-order valence-electron chi connectivity index (χ1n) is 7.14. The number of nitrogens with zero attached hydrogens (tertiary/aromatic N) is 3. The molecule has 0 radical (unpaired) electrons. The van der Waals surface area contributed by atoms with E-state index in [1.54, 1.807) is 6.33 Å². The predicted octanol–water partition coefficient (Wildman–Crippen LogP) is 2.22. The van der Waals surface area contributed by atoms with Crippen LogP contribution in [0.25, 0.3) is 10.9 Å². The van der Waals surface area contributed by atoms with Gasteiger partial charge in [0.1, 0.15) is 12.1 Å². The highest BCUT2D eigenvalue weighted by Gasteiger charge is 2.21. The Morgan fingerprint density at radius 1 is 1.30 bits per heavy atom. The third-order valence-electron chi connectivity index (χ3n) is 3.78. The molecule has 0 aliphatic carbocycles. The molecule has 1 aliphatic heterocycles. The van der Waals surface area contributed by atoms with Crippen LogP contribution in [0.5, 0.6) is 0 Å². The molecule has 1 aliphatic rings. The normalized spacial score (nSPS) is 16.8. The number of hydrogen-bond acceptors (Lipinski definition) is 5. The summed E-state index contributed by atoms with van der Waals surface area (Å²) in [5.41, 5.74) is 7.58. The summed E-state index contributed by atoms with van der Waals surface area (Å²) in [5.74, 6) is 0.984. The molecule has 0 amide bonds. The van der Waals surface area contributed by atoms with E-state index < -0.39 is 0 Å². The van der Waals surface area contributed by atoms with Crippen LogP contribution in [0.15, 0.2) is 24.5 Å². The van der Waals surface area contributed by atoms with Crippen LogP contribution in [0.2, 0.25) is 0 Å². The van der Waals surface area contributed by atoms with Crippen LogP contribution < -0.4 is 10.6 Å². The molecule has 1 fully saturated rings. The van der Waals surface area contributed by atoms with E-state index in [0.29, 0.717) is 6.10 Å². The van der Waals surface area contributed by atoms with E-state index in [4.69, 9.17) is 10.5 Å². The van der Waals surface area contributed by atoms with Crippen LogP contribution in [0.3, 0.4) is 0 Å². The maximum absolute atomic E-state index is 5.89. The Hall–Kier alpha value is -1.88. The van der Waals surface area contributed by atoms with Crippen molar-refractivity contribution in [2.45, 2.75) is 25.9 Å². The molecule has 0 spiro atoms. The van der Waals surface area contributed by atoms with Gasteiger partial charge in [-0.25, -0.2) is 9.97 Å². The van der Waals surface area contributed by atoms with Gasteiger partial charge >= 0.3 is 0 Å². The smallest absolute Gasteiger partial charge is 0.139 e. The van der Waals surface area contributed by atoms with Crippen molar-refractivity contribution < 1.29 is 4.74 Å². The lowest BCUT2D eigenvalue weighted by Gasteiger charge is -2.33. The van der Waals surface area contributed by atoms with Gasteiger partial charge in [0.15, 0.2) is 0 Å². The standard InChI is InChI=1S/C15H20N4O/c1-2-20-12-5-7-19(8-6-12)15-13-9-11(16)3-4-14(13)17-10-18-15/h3-4,9-10,12H,2,5-8,16H2,1H3. The summed E-state index contributed by atoms with van der Waals surface area (Å²) in [6.45, 7) is 4.77. The highest BCUT2D eigenvalue weighted by atomic mass is 16.5. The number of ether oxygens (including phenoxy) is 1. The maximum Gasteiger partial charge on any atom is 0.139 e. The molecule has 2 aromatic rings. The third kappa shape index (κ3) is 2.54. The predicted molar refractivity (Wildman–Crippen MR) is 80.8 cm³/mol. The van der Waals surface area contributed by atoms with Gasteiger partial charge in [0.25, 0.3) is 0 Å². The molecular formula is C15H20N4O. The topological polar surface area (TPSA) is 64.3 Å². The fraction of sp³-hybridized carbons (Fsp3) is 0.467. The third-order valence-corrected chi connectivity index (χ3v) is 3.78. The second-order valence-electron chi connectivity index (χ2n) is 5.12. The van der Waals surface area contributed by atoms with Gasteiger partial charge in [-0.05, 0) is 38.0 Å². The summed E-state index contributed by atoms with van der Waals surface area (Å²) >= 11 is 0. The molecule has 0 atom stereocenters. The molecule has 0 bridgehead atoms. The van der Waals surface area contributed by atoms with Crippen LogP contribution in [-0.4, -0.2) is 35.8 Å². The lowest BCUT2D eigenvalue weighted by Crippen LogP contribution is -2.37. The van der Waals surface area contributed by atoms with Crippen LogP contribution in [0, 0.1) is 0 Å². The second-order valence-corrected chi connectivity index (χ2v) is 5.12. The Bertz CT molecular complexity index is 593. The lowest BCUT2D eigenvalue weighted by molar-refractivity contribution is 0.0459. The number of benzene rings is 1. The molecule has 3 rings (SSSR count). The maximum atomic E-state index is 5.89. The van der Waals surface area contributed by atoms with Gasteiger partial charge in [-0.1, -0.05) is 0 Å². The van der Waals surface area contributed by atoms with Crippen molar-refractivity contribution in [1.29, 1.82) is 0 Å².